The van der Waals surface area contributed by atoms with Crippen LogP contribution in [0.15, 0.2) is 18.3 Å². The molecule has 1 heterocycles. The Bertz CT molecular complexity index is 391. The van der Waals surface area contributed by atoms with Crippen molar-refractivity contribution < 1.29 is 9.53 Å². The highest BCUT2D eigenvalue weighted by atomic mass is 16.5. The van der Waals surface area contributed by atoms with Crippen molar-refractivity contribution in [1.82, 2.24) is 15.6 Å². The molecular weight excluding hydrogens is 218 g/mol. The van der Waals surface area contributed by atoms with E-state index in [0.717, 1.165) is 18.4 Å². The highest BCUT2D eigenvalue weighted by molar-refractivity contribution is 5.78. The third-order valence-electron chi connectivity index (χ3n) is 2.57. The quantitative estimate of drug-likeness (QED) is 0.752. The third-order valence-corrected chi connectivity index (χ3v) is 2.57. The number of carbonyl (C=O) groups excluding carboxylic acids is 1. The van der Waals surface area contributed by atoms with E-state index in [4.69, 9.17) is 4.74 Å². The lowest BCUT2D eigenvalue weighted by atomic mass is 10.2. The Morgan fingerprint density at radius 1 is 1.59 bits per heavy atom. The van der Waals surface area contributed by atoms with Gasteiger partial charge in [0.2, 0.25) is 11.8 Å². The zero-order chi connectivity index (χ0) is 12.1. The monoisotopic (exact) mass is 235 g/mol. The van der Waals surface area contributed by atoms with Gasteiger partial charge in [-0.1, -0.05) is 0 Å². The summed E-state index contributed by atoms with van der Waals surface area (Å²) in [6.45, 7) is 0.984. The molecule has 0 radical (unpaired) electrons. The number of nitrogens with one attached hydrogen (secondary N) is 2. The molecule has 17 heavy (non-hydrogen) atoms. The summed E-state index contributed by atoms with van der Waals surface area (Å²) in [4.78, 5) is 15.4. The van der Waals surface area contributed by atoms with Gasteiger partial charge in [-0.2, -0.15) is 0 Å². The van der Waals surface area contributed by atoms with Crippen LogP contribution in [0.5, 0.6) is 5.88 Å². The smallest absolute Gasteiger partial charge is 0.234 e. The number of hydrogen-bond acceptors (Lipinski definition) is 4. The molecular formula is C12H17N3O2. The molecule has 2 N–H and O–H groups in total. The minimum atomic E-state index is 0.0634. The maximum Gasteiger partial charge on any atom is 0.234 e. The Hall–Kier alpha value is -1.62. The lowest BCUT2D eigenvalue weighted by Gasteiger charge is -2.06. The van der Waals surface area contributed by atoms with E-state index in [1.54, 1.807) is 13.3 Å². The van der Waals surface area contributed by atoms with E-state index in [2.05, 4.69) is 15.6 Å². The molecule has 0 atom stereocenters. The molecule has 0 bridgehead atoms. The number of pyridine rings is 1. The summed E-state index contributed by atoms with van der Waals surface area (Å²) in [6, 6.07) is 4.17. The lowest BCUT2D eigenvalue weighted by molar-refractivity contribution is -0.120. The van der Waals surface area contributed by atoms with Crippen LogP contribution in [-0.4, -0.2) is 30.6 Å². The Kier molecular flexibility index (Phi) is 3.93. The molecule has 0 saturated heterocycles. The molecule has 1 fully saturated rings. The first-order valence-corrected chi connectivity index (χ1v) is 5.77. The van der Waals surface area contributed by atoms with Crippen LogP contribution >= 0.6 is 0 Å². The van der Waals surface area contributed by atoms with Crippen molar-refractivity contribution in [1.29, 1.82) is 0 Å². The van der Waals surface area contributed by atoms with Crippen LogP contribution in [0, 0.1) is 0 Å². The van der Waals surface area contributed by atoms with E-state index in [1.807, 2.05) is 12.1 Å². The standard InChI is InChI=1S/C12H17N3O2/c1-17-12-6-9(4-5-14-12)7-13-8-11(16)15-10-2-3-10/h4-6,10,13H,2-3,7-8H2,1H3,(H,15,16). The zero-order valence-corrected chi connectivity index (χ0v) is 9.90. The van der Waals surface area contributed by atoms with Crippen LogP contribution in [-0.2, 0) is 11.3 Å². The lowest BCUT2D eigenvalue weighted by Crippen LogP contribution is -2.34. The van der Waals surface area contributed by atoms with Crippen molar-refractivity contribution in [2.45, 2.75) is 25.4 Å². The van der Waals surface area contributed by atoms with Crippen LogP contribution in [0.2, 0.25) is 0 Å². The summed E-state index contributed by atoms with van der Waals surface area (Å²) in [7, 11) is 1.59. The predicted molar refractivity (Wildman–Crippen MR) is 63.7 cm³/mol. The molecule has 0 unspecified atom stereocenters. The van der Waals surface area contributed by atoms with Gasteiger partial charge in [-0.25, -0.2) is 4.98 Å². The summed E-state index contributed by atoms with van der Waals surface area (Å²) in [5.41, 5.74) is 1.05. The summed E-state index contributed by atoms with van der Waals surface area (Å²) in [6.07, 6.45) is 3.93. The van der Waals surface area contributed by atoms with Gasteiger partial charge in [0, 0.05) is 24.8 Å². The SMILES string of the molecule is COc1cc(CNCC(=O)NC2CC2)ccn1. The number of ether oxygens (including phenoxy) is 1. The third kappa shape index (κ3) is 4.03. The molecule has 1 aromatic rings. The van der Waals surface area contributed by atoms with Gasteiger partial charge in [0.15, 0.2) is 0 Å². The zero-order valence-electron chi connectivity index (χ0n) is 9.90. The minimum Gasteiger partial charge on any atom is -0.481 e. The van der Waals surface area contributed by atoms with Crippen LogP contribution in [0.3, 0.4) is 0 Å². The highest BCUT2D eigenvalue weighted by Crippen LogP contribution is 2.18. The maximum absolute atomic E-state index is 11.4. The molecule has 0 aliphatic heterocycles. The second kappa shape index (κ2) is 5.63. The van der Waals surface area contributed by atoms with Crippen LogP contribution in [0.25, 0.3) is 0 Å². The van der Waals surface area contributed by atoms with E-state index in [0.29, 0.717) is 25.0 Å². The summed E-state index contributed by atoms with van der Waals surface area (Å²) in [5.74, 6) is 0.653. The maximum atomic E-state index is 11.4. The molecule has 1 aliphatic rings. The number of hydrogen-bond donors (Lipinski definition) is 2. The Balaban J connectivity index is 1.71. The molecule has 2 rings (SSSR count). The highest BCUT2D eigenvalue weighted by Gasteiger charge is 2.22. The average molecular weight is 235 g/mol. The average Bonchev–Trinajstić information content (AvgIpc) is 3.13. The van der Waals surface area contributed by atoms with Gasteiger partial charge in [-0.3, -0.25) is 4.79 Å². The minimum absolute atomic E-state index is 0.0634. The van der Waals surface area contributed by atoms with Crippen molar-refractivity contribution >= 4 is 5.91 Å². The van der Waals surface area contributed by atoms with Gasteiger partial charge in [0.25, 0.3) is 0 Å². The molecule has 1 aromatic heterocycles. The van der Waals surface area contributed by atoms with Crippen molar-refractivity contribution in [3.05, 3.63) is 23.9 Å². The largest absolute Gasteiger partial charge is 0.481 e. The van der Waals surface area contributed by atoms with Crippen LogP contribution < -0.4 is 15.4 Å². The summed E-state index contributed by atoms with van der Waals surface area (Å²) < 4.78 is 5.02. The molecule has 1 aliphatic carbocycles. The fraction of sp³-hybridized carbons (Fsp3) is 0.500. The van der Waals surface area contributed by atoms with Gasteiger partial charge >= 0.3 is 0 Å². The van der Waals surface area contributed by atoms with E-state index in [9.17, 15) is 4.79 Å². The summed E-state index contributed by atoms with van der Waals surface area (Å²) in [5, 5.41) is 6.01. The molecule has 5 nitrogen and oxygen atoms in total. The van der Waals surface area contributed by atoms with Gasteiger partial charge in [-0.05, 0) is 24.5 Å². The number of aromatic nitrogens is 1. The second-order valence-electron chi connectivity index (χ2n) is 4.15. The van der Waals surface area contributed by atoms with E-state index < -0.39 is 0 Å². The number of amides is 1. The first-order valence-electron chi connectivity index (χ1n) is 5.77. The van der Waals surface area contributed by atoms with Gasteiger partial charge in [-0.15, -0.1) is 0 Å². The summed E-state index contributed by atoms with van der Waals surface area (Å²) >= 11 is 0. The van der Waals surface area contributed by atoms with Gasteiger partial charge in [0.05, 0.1) is 13.7 Å². The number of methoxy groups -OCH3 is 1. The topological polar surface area (TPSA) is 63.2 Å². The predicted octanol–water partition coefficient (Wildman–Crippen LogP) is 0.458. The number of carbonyl (C=O) groups is 1. The van der Waals surface area contributed by atoms with E-state index in [1.165, 1.54) is 0 Å². The van der Waals surface area contributed by atoms with Crippen molar-refractivity contribution in [3.63, 3.8) is 0 Å². The van der Waals surface area contributed by atoms with Gasteiger partial charge < -0.3 is 15.4 Å². The molecule has 0 aromatic carbocycles. The number of nitrogens with zero attached hydrogens (tertiary/aromatic N) is 1. The Morgan fingerprint density at radius 3 is 3.12 bits per heavy atom. The molecule has 92 valence electrons. The Labute approximate surface area is 101 Å². The Morgan fingerprint density at radius 2 is 2.41 bits per heavy atom. The van der Waals surface area contributed by atoms with E-state index >= 15 is 0 Å². The van der Waals surface area contributed by atoms with Crippen LogP contribution in [0.4, 0.5) is 0 Å². The first-order chi connectivity index (χ1) is 8.28. The fourth-order valence-corrected chi connectivity index (χ4v) is 1.50. The van der Waals surface area contributed by atoms with E-state index in [-0.39, 0.29) is 5.91 Å². The molecule has 0 spiro atoms. The van der Waals surface area contributed by atoms with Gasteiger partial charge in [0.1, 0.15) is 0 Å². The number of rotatable bonds is 6. The molecule has 1 amide bonds. The molecule has 1 saturated carbocycles. The van der Waals surface area contributed by atoms with Crippen molar-refractivity contribution in [2.75, 3.05) is 13.7 Å². The first kappa shape index (κ1) is 11.9. The molecule has 5 heteroatoms. The normalized spacial score (nSPS) is 14.4. The van der Waals surface area contributed by atoms with Crippen molar-refractivity contribution in [3.8, 4) is 5.88 Å². The fourth-order valence-electron chi connectivity index (χ4n) is 1.50. The van der Waals surface area contributed by atoms with Crippen molar-refractivity contribution in [2.24, 2.45) is 0 Å². The second-order valence-corrected chi connectivity index (χ2v) is 4.15. The van der Waals surface area contributed by atoms with Crippen LogP contribution in [0.1, 0.15) is 18.4 Å².